The molecule has 1 saturated carbocycles. The Hall–Kier alpha value is -0.940. The zero-order chi connectivity index (χ0) is 14.8. The SMILES string of the molecule is CCNc1nc(Cc2cccc(Br)c2)nc(C2CC2)c1Br. The van der Waals surface area contributed by atoms with Crippen LogP contribution < -0.4 is 5.32 Å². The summed E-state index contributed by atoms with van der Waals surface area (Å²) in [7, 11) is 0. The molecule has 0 unspecified atom stereocenters. The summed E-state index contributed by atoms with van der Waals surface area (Å²) in [6.07, 6.45) is 3.22. The highest BCUT2D eigenvalue weighted by Gasteiger charge is 2.29. The zero-order valence-electron chi connectivity index (χ0n) is 11.9. The fourth-order valence-corrected chi connectivity index (χ4v) is 3.42. The van der Waals surface area contributed by atoms with Gasteiger partial charge in [0.1, 0.15) is 11.6 Å². The van der Waals surface area contributed by atoms with Gasteiger partial charge in [-0.2, -0.15) is 0 Å². The minimum Gasteiger partial charge on any atom is -0.369 e. The van der Waals surface area contributed by atoms with Crippen molar-refractivity contribution in [2.75, 3.05) is 11.9 Å². The maximum absolute atomic E-state index is 4.79. The molecule has 0 amide bonds. The van der Waals surface area contributed by atoms with E-state index < -0.39 is 0 Å². The molecule has 0 saturated heterocycles. The van der Waals surface area contributed by atoms with Gasteiger partial charge in [0.15, 0.2) is 0 Å². The molecule has 0 aliphatic heterocycles. The molecule has 5 heteroatoms. The number of hydrogen-bond acceptors (Lipinski definition) is 3. The van der Waals surface area contributed by atoms with E-state index in [4.69, 9.17) is 4.98 Å². The summed E-state index contributed by atoms with van der Waals surface area (Å²) in [5, 5.41) is 3.33. The average Bonchev–Trinajstić information content (AvgIpc) is 3.27. The van der Waals surface area contributed by atoms with E-state index in [0.29, 0.717) is 5.92 Å². The van der Waals surface area contributed by atoms with Crippen LogP contribution in [-0.2, 0) is 6.42 Å². The van der Waals surface area contributed by atoms with Gasteiger partial charge in [-0.1, -0.05) is 28.1 Å². The Morgan fingerprint density at radius 1 is 1.24 bits per heavy atom. The lowest BCUT2D eigenvalue weighted by atomic mass is 10.1. The molecule has 1 fully saturated rings. The van der Waals surface area contributed by atoms with Crippen LogP contribution in [0.15, 0.2) is 33.2 Å². The normalized spacial score (nSPS) is 14.2. The van der Waals surface area contributed by atoms with Crippen LogP contribution in [0.2, 0.25) is 0 Å². The molecule has 3 nitrogen and oxygen atoms in total. The molecule has 1 aromatic carbocycles. The Morgan fingerprint density at radius 3 is 2.71 bits per heavy atom. The van der Waals surface area contributed by atoms with E-state index >= 15 is 0 Å². The lowest BCUT2D eigenvalue weighted by Crippen LogP contribution is -2.08. The Morgan fingerprint density at radius 2 is 2.05 bits per heavy atom. The van der Waals surface area contributed by atoms with Crippen molar-refractivity contribution in [1.29, 1.82) is 0 Å². The standard InChI is InChI=1S/C16H17Br2N3/c1-2-19-16-14(18)15(11-6-7-11)20-13(21-16)9-10-4-3-5-12(17)8-10/h3-5,8,11H,2,6-7,9H2,1H3,(H,19,20,21). The van der Waals surface area contributed by atoms with E-state index in [1.807, 2.05) is 12.1 Å². The molecule has 21 heavy (non-hydrogen) atoms. The van der Waals surface area contributed by atoms with E-state index in [9.17, 15) is 0 Å². The van der Waals surface area contributed by atoms with Gasteiger partial charge in [-0.05, 0) is 53.4 Å². The van der Waals surface area contributed by atoms with Gasteiger partial charge >= 0.3 is 0 Å². The molecule has 1 aliphatic carbocycles. The second-order valence-corrected chi connectivity index (χ2v) is 7.01. The van der Waals surface area contributed by atoms with Crippen LogP contribution in [-0.4, -0.2) is 16.5 Å². The van der Waals surface area contributed by atoms with E-state index in [2.05, 4.69) is 61.2 Å². The monoisotopic (exact) mass is 409 g/mol. The quantitative estimate of drug-likeness (QED) is 0.761. The van der Waals surface area contributed by atoms with Gasteiger partial charge in [0.2, 0.25) is 0 Å². The molecule has 110 valence electrons. The number of rotatable bonds is 5. The smallest absolute Gasteiger partial charge is 0.144 e. The van der Waals surface area contributed by atoms with Gasteiger partial charge in [0, 0.05) is 23.4 Å². The third-order valence-electron chi connectivity index (χ3n) is 3.48. The van der Waals surface area contributed by atoms with Crippen molar-refractivity contribution in [3.63, 3.8) is 0 Å². The minimum absolute atomic E-state index is 0.598. The second-order valence-electron chi connectivity index (χ2n) is 5.30. The third-order valence-corrected chi connectivity index (χ3v) is 4.76. The highest BCUT2D eigenvalue weighted by atomic mass is 79.9. The number of benzene rings is 1. The van der Waals surface area contributed by atoms with Gasteiger partial charge in [-0.15, -0.1) is 0 Å². The Kier molecular flexibility index (Phi) is 4.60. The van der Waals surface area contributed by atoms with Crippen LogP contribution in [0.3, 0.4) is 0 Å². The molecule has 0 spiro atoms. The number of nitrogens with zero attached hydrogens (tertiary/aromatic N) is 2. The Bertz CT molecular complexity index is 654. The number of hydrogen-bond donors (Lipinski definition) is 1. The van der Waals surface area contributed by atoms with Crippen LogP contribution in [0.5, 0.6) is 0 Å². The molecule has 3 rings (SSSR count). The molecular formula is C16H17Br2N3. The van der Waals surface area contributed by atoms with Gasteiger partial charge in [-0.3, -0.25) is 0 Å². The van der Waals surface area contributed by atoms with Crippen molar-refractivity contribution < 1.29 is 0 Å². The molecule has 2 aromatic rings. The summed E-state index contributed by atoms with van der Waals surface area (Å²) < 4.78 is 2.12. The van der Waals surface area contributed by atoms with Crippen LogP contribution in [0.25, 0.3) is 0 Å². The fraction of sp³-hybridized carbons (Fsp3) is 0.375. The van der Waals surface area contributed by atoms with E-state index in [1.54, 1.807) is 0 Å². The summed E-state index contributed by atoms with van der Waals surface area (Å²) in [4.78, 5) is 9.46. The largest absolute Gasteiger partial charge is 0.369 e. The average molecular weight is 411 g/mol. The lowest BCUT2D eigenvalue weighted by molar-refractivity contribution is 0.888. The first kappa shape index (κ1) is 15.0. The van der Waals surface area contributed by atoms with Crippen molar-refractivity contribution in [1.82, 2.24) is 9.97 Å². The molecule has 1 aromatic heterocycles. The highest BCUT2D eigenvalue weighted by Crippen LogP contribution is 2.43. The van der Waals surface area contributed by atoms with E-state index in [1.165, 1.54) is 18.4 Å². The van der Waals surface area contributed by atoms with E-state index in [0.717, 1.165) is 39.2 Å². The lowest BCUT2D eigenvalue weighted by Gasteiger charge is -2.12. The summed E-state index contributed by atoms with van der Waals surface area (Å²) in [6, 6.07) is 8.31. The summed E-state index contributed by atoms with van der Waals surface area (Å²) >= 11 is 7.17. The van der Waals surface area contributed by atoms with Crippen molar-refractivity contribution in [3.8, 4) is 0 Å². The molecule has 0 atom stereocenters. The van der Waals surface area contributed by atoms with Crippen LogP contribution in [0.1, 0.15) is 42.8 Å². The third kappa shape index (κ3) is 3.64. The zero-order valence-corrected chi connectivity index (χ0v) is 15.0. The molecule has 0 radical (unpaired) electrons. The van der Waals surface area contributed by atoms with Crippen LogP contribution >= 0.6 is 31.9 Å². The van der Waals surface area contributed by atoms with Gasteiger partial charge in [0.25, 0.3) is 0 Å². The topological polar surface area (TPSA) is 37.8 Å². The summed E-state index contributed by atoms with van der Waals surface area (Å²) in [6.45, 7) is 2.94. The van der Waals surface area contributed by atoms with Gasteiger partial charge < -0.3 is 5.32 Å². The van der Waals surface area contributed by atoms with Gasteiger partial charge in [-0.25, -0.2) is 9.97 Å². The Balaban J connectivity index is 1.94. The molecule has 1 aliphatic rings. The number of nitrogens with one attached hydrogen (secondary N) is 1. The summed E-state index contributed by atoms with van der Waals surface area (Å²) in [5.74, 6) is 2.40. The summed E-state index contributed by atoms with van der Waals surface area (Å²) in [5.41, 5.74) is 2.38. The predicted octanol–water partition coefficient (Wildman–Crippen LogP) is 4.90. The molecule has 0 bridgehead atoms. The molecule has 1 heterocycles. The number of anilines is 1. The number of halogens is 2. The first-order valence-corrected chi connectivity index (χ1v) is 8.80. The molecular weight excluding hydrogens is 394 g/mol. The Labute approximate surface area is 141 Å². The van der Waals surface area contributed by atoms with Crippen molar-refractivity contribution >= 4 is 37.7 Å². The van der Waals surface area contributed by atoms with Crippen molar-refractivity contribution in [2.24, 2.45) is 0 Å². The second kappa shape index (κ2) is 6.44. The first-order chi connectivity index (χ1) is 10.2. The number of aromatic nitrogens is 2. The molecule has 1 N–H and O–H groups in total. The highest BCUT2D eigenvalue weighted by molar-refractivity contribution is 9.11. The van der Waals surface area contributed by atoms with Crippen molar-refractivity contribution in [3.05, 3.63) is 50.3 Å². The minimum atomic E-state index is 0.598. The van der Waals surface area contributed by atoms with Gasteiger partial charge in [0.05, 0.1) is 10.2 Å². The van der Waals surface area contributed by atoms with E-state index in [-0.39, 0.29) is 0 Å². The van der Waals surface area contributed by atoms with Crippen LogP contribution in [0, 0.1) is 0 Å². The maximum Gasteiger partial charge on any atom is 0.144 e. The predicted molar refractivity (Wildman–Crippen MR) is 92.8 cm³/mol. The van der Waals surface area contributed by atoms with Crippen LogP contribution in [0.4, 0.5) is 5.82 Å². The maximum atomic E-state index is 4.79. The first-order valence-electron chi connectivity index (χ1n) is 7.22. The van der Waals surface area contributed by atoms with Crippen molar-refractivity contribution in [2.45, 2.75) is 32.1 Å². The fourth-order valence-electron chi connectivity index (χ4n) is 2.33.